The van der Waals surface area contributed by atoms with Crippen LogP contribution in [0.15, 0.2) is 94.5 Å². The summed E-state index contributed by atoms with van der Waals surface area (Å²) in [7, 11) is -4.57. The molecule has 1 aliphatic carbocycles. The van der Waals surface area contributed by atoms with Crippen molar-refractivity contribution in [1.29, 1.82) is 0 Å². The summed E-state index contributed by atoms with van der Waals surface area (Å²) in [6.07, 6.45) is 4.74. The number of fused-ring (bicyclic) bond motifs is 2. The number of nitrogens with zero attached hydrogens (tertiary/aromatic N) is 5. The number of allylic oxidation sites excluding steroid dienone is 1. The number of pyridine rings is 1. The van der Waals surface area contributed by atoms with E-state index >= 15 is 0 Å². The Morgan fingerprint density at radius 2 is 1.83 bits per heavy atom. The highest BCUT2D eigenvalue weighted by molar-refractivity contribution is 7.99. The van der Waals surface area contributed by atoms with Gasteiger partial charge in [0, 0.05) is 79.9 Å². The van der Waals surface area contributed by atoms with Crippen LogP contribution in [0.1, 0.15) is 49.0 Å². The van der Waals surface area contributed by atoms with Crippen molar-refractivity contribution >= 4 is 84.3 Å². The minimum atomic E-state index is -4.57. The second-order valence-electron chi connectivity index (χ2n) is 17.4. The third-order valence-electron chi connectivity index (χ3n) is 12.5. The topological polar surface area (TPSA) is 175 Å². The molecule has 4 aliphatic rings. The lowest BCUT2D eigenvalue weighted by atomic mass is 9.72. The Hall–Kier alpha value is -5.17. The predicted octanol–water partition coefficient (Wildman–Crippen LogP) is 8.10. The molecule has 1 amide bonds. The molecule has 0 unspecified atom stereocenters. The number of halogens is 1. The van der Waals surface area contributed by atoms with Crippen LogP contribution in [-0.4, -0.2) is 112 Å². The number of carbonyl (C=O) groups is 1. The first-order valence-electron chi connectivity index (χ1n) is 21.6. The molecule has 64 heavy (non-hydrogen) atoms. The lowest BCUT2D eigenvalue weighted by Crippen LogP contribution is -2.47. The zero-order valence-corrected chi connectivity index (χ0v) is 38.2. The Morgan fingerprint density at radius 3 is 2.59 bits per heavy atom. The third-order valence-corrected chi connectivity index (χ3v) is 15.0. The normalized spacial score (nSPS) is 19.4. The minimum Gasteiger partial charge on any atom is -0.377 e. The monoisotopic (exact) mass is 926 g/mol. The molecule has 3 aromatic carbocycles. The van der Waals surface area contributed by atoms with Gasteiger partial charge < -0.3 is 29.6 Å². The fourth-order valence-electron chi connectivity index (χ4n) is 8.98. The highest BCUT2D eigenvalue weighted by Gasteiger charge is 2.32. The largest absolute Gasteiger partial charge is 0.377 e. The van der Waals surface area contributed by atoms with Gasteiger partial charge in [-0.05, 0) is 90.4 Å². The number of amides is 1. The SMILES string of the molecule is CC1(C)CCC(CN2CCN(c3ccc(C(=O)NS(=O)(=O)c4ccc(NC[C@@H]5COCCO5)c([N+](=O)[O-])c4)c(N4CCSc5nc6[nH]ccc6cc54)c3)CC2)=C(c2ccc(Cl)cc2)C1. The van der Waals surface area contributed by atoms with Crippen LogP contribution in [0.3, 0.4) is 0 Å². The number of rotatable bonds is 12. The Bertz CT molecular complexity index is 2710. The first-order valence-corrected chi connectivity index (χ1v) is 24.4. The van der Waals surface area contributed by atoms with Gasteiger partial charge in [0.25, 0.3) is 21.6 Å². The number of benzene rings is 3. The number of piperazine rings is 1. The quantitative estimate of drug-likeness (QED) is 0.0810. The number of ether oxygens (including phenoxy) is 2. The number of aromatic nitrogens is 2. The van der Waals surface area contributed by atoms with E-state index in [1.165, 1.54) is 28.8 Å². The molecule has 5 aromatic rings. The Morgan fingerprint density at radius 1 is 1.02 bits per heavy atom. The number of anilines is 4. The molecule has 0 bridgehead atoms. The maximum Gasteiger partial charge on any atom is 0.293 e. The summed E-state index contributed by atoms with van der Waals surface area (Å²) in [4.78, 5) is 40.3. The number of carbonyl (C=O) groups excluding carboxylic acids is 1. The number of aromatic amines is 1. The van der Waals surface area contributed by atoms with Gasteiger partial charge in [-0.25, -0.2) is 18.1 Å². The number of hydrogen-bond donors (Lipinski definition) is 3. The lowest BCUT2D eigenvalue weighted by molar-refractivity contribution is -0.384. The summed E-state index contributed by atoms with van der Waals surface area (Å²) < 4.78 is 41.0. The molecule has 1 atom stereocenters. The Kier molecular flexibility index (Phi) is 12.6. The van der Waals surface area contributed by atoms with Crippen LogP contribution >= 0.6 is 23.4 Å². The first-order chi connectivity index (χ1) is 30.8. The second-order valence-corrected chi connectivity index (χ2v) is 20.6. The fourth-order valence-corrected chi connectivity index (χ4v) is 11.0. The standard InChI is InChI=1S/C46H51ClN8O7S2/c1-46(2)13-11-32(38(26-46)30-3-5-33(47)6-4-30)28-52-15-17-53(18-16-52)34-7-9-37(40(24-34)54-19-22-63-45-42(54)23-31-12-14-48-43(31)50-45)44(56)51-64(59,60)36-8-10-39(41(25-36)55(57)58)49-27-35-29-61-20-21-62-35/h3-10,12,14,23-25,35,49H,11,13,15-22,26-29H2,1-2H3,(H,48,50)(H,51,56)/t35-/m1/s1. The van der Waals surface area contributed by atoms with Gasteiger partial charge in [0.05, 0.1) is 52.7 Å². The van der Waals surface area contributed by atoms with E-state index in [1.807, 2.05) is 47.5 Å². The van der Waals surface area contributed by atoms with Crippen LogP contribution in [0.2, 0.25) is 5.02 Å². The number of nitrogens with one attached hydrogen (secondary N) is 3. The van der Waals surface area contributed by atoms with Crippen molar-refractivity contribution < 1.29 is 27.6 Å². The molecular formula is C46H51ClN8O7S2. The number of thioether (sulfide) groups is 1. The number of hydrogen-bond acceptors (Lipinski definition) is 13. The summed E-state index contributed by atoms with van der Waals surface area (Å²) >= 11 is 7.89. The highest BCUT2D eigenvalue weighted by Crippen LogP contribution is 2.44. The van der Waals surface area contributed by atoms with Crippen molar-refractivity contribution in [3.63, 3.8) is 0 Å². The Balaban J connectivity index is 0.975. The average Bonchev–Trinajstić information content (AvgIpc) is 3.76. The van der Waals surface area contributed by atoms with Crippen LogP contribution < -0.4 is 19.8 Å². The van der Waals surface area contributed by atoms with Gasteiger partial charge in [-0.15, -0.1) is 11.8 Å². The molecule has 2 fully saturated rings. The number of H-pyrrole nitrogens is 1. The number of nitro benzene ring substituents is 1. The summed E-state index contributed by atoms with van der Waals surface area (Å²) in [5.41, 5.74) is 7.19. The summed E-state index contributed by atoms with van der Waals surface area (Å²) in [6.45, 7) is 10.8. The van der Waals surface area contributed by atoms with E-state index in [-0.39, 0.29) is 29.3 Å². The van der Waals surface area contributed by atoms with Crippen LogP contribution in [0.5, 0.6) is 0 Å². The van der Waals surface area contributed by atoms with E-state index in [1.54, 1.807) is 17.8 Å². The van der Waals surface area contributed by atoms with E-state index in [0.29, 0.717) is 37.8 Å². The summed E-state index contributed by atoms with van der Waals surface area (Å²) in [5, 5.41) is 17.6. The van der Waals surface area contributed by atoms with E-state index in [0.717, 1.165) is 90.5 Å². The molecule has 0 saturated carbocycles. The van der Waals surface area contributed by atoms with E-state index in [9.17, 15) is 23.3 Å². The van der Waals surface area contributed by atoms with Gasteiger partial charge in [0.15, 0.2) is 0 Å². The molecule has 0 spiro atoms. The van der Waals surface area contributed by atoms with E-state index in [4.69, 9.17) is 26.1 Å². The number of sulfonamides is 1. The average molecular weight is 928 g/mol. The smallest absolute Gasteiger partial charge is 0.293 e. The molecule has 0 radical (unpaired) electrons. The number of nitro groups is 1. The van der Waals surface area contributed by atoms with Gasteiger partial charge in [0.2, 0.25) is 0 Å². The molecule has 3 aliphatic heterocycles. The van der Waals surface area contributed by atoms with Gasteiger partial charge in [-0.1, -0.05) is 43.2 Å². The fraction of sp³-hybridized carbons (Fsp3) is 0.391. The lowest BCUT2D eigenvalue weighted by Gasteiger charge is -2.40. The van der Waals surface area contributed by atoms with Crippen molar-refractivity contribution in [1.82, 2.24) is 19.6 Å². The highest BCUT2D eigenvalue weighted by atomic mass is 35.5. The van der Waals surface area contributed by atoms with Crippen LogP contribution in [-0.2, 0) is 19.5 Å². The van der Waals surface area contributed by atoms with Crippen molar-refractivity contribution in [2.24, 2.45) is 5.41 Å². The first kappa shape index (κ1) is 44.1. The van der Waals surface area contributed by atoms with Crippen molar-refractivity contribution in [3.05, 3.63) is 111 Å². The molecule has 9 rings (SSSR count). The van der Waals surface area contributed by atoms with Crippen molar-refractivity contribution in [2.45, 2.75) is 49.1 Å². The zero-order chi connectivity index (χ0) is 44.6. The maximum atomic E-state index is 14.3. The second kappa shape index (κ2) is 18.4. The van der Waals surface area contributed by atoms with Gasteiger partial charge in [-0.3, -0.25) is 19.8 Å². The van der Waals surface area contributed by atoms with Gasteiger partial charge >= 0.3 is 0 Å². The van der Waals surface area contributed by atoms with E-state index < -0.39 is 31.4 Å². The molecule has 2 saturated heterocycles. The predicted molar refractivity (Wildman–Crippen MR) is 252 cm³/mol. The van der Waals surface area contributed by atoms with Gasteiger partial charge in [0.1, 0.15) is 16.4 Å². The van der Waals surface area contributed by atoms with Crippen LogP contribution in [0.25, 0.3) is 16.6 Å². The zero-order valence-electron chi connectivity index (χ0n) is 35.8. The molecule has 3 N–H and O–H groups in total. The molecule has 5 heterocycles. The van der Waals surface area contributed by atoms with Crippen LogP contribution in [0.4, 0.5) is 28.4 Å². The van der Waals surface area contributed by atoms with Crippen molar-refractivity contribution in [3.8, 4) is 0 Å². The minimum absolute atomic E-state index is 0.118. The van der Waals surface area contributed by atoms with Gasteiger partial charge in [-0.2, -0.15) is 0 Å². The van der Waals surface area contributed by atoms with Crippen molar-refractivity contribution in [2.75, 3.05) is 86.5 Å². The van der Waals surface area contributed by atoms with E-state index in [2.05, 4.69) is 50.8 Å². The maximum absolute atomic E-state index is 14.3. The summed E-state index contributed by atoms with van der Waals surface area (Å²) in [6, 6.07) is 21.2. The van der Waals surface area contributed by atoms with Crippen LogP contribution in [0, 0.1) is 15.5 Å². The Labute approximate surface area is 381 Å². The molecule has 2 aromatic heterocycles. The summed E-state index contributed by atoms with van der Waals surface area (Å²) in [5.74, 6) is -0.176. The molecule has 336 valence electrons. The third kappa shape index (κ3) is 9.60. The molecule has 18 heteroatoms. The molecular weight excluding hydrogens is 876 g/mol. The molecule has 15 nitrogen and oxygen atoms in total.